The zero-order chi connectivity index (χ0) is 18.6. The van der Waals surface area contributed by atoms with Gasteiger partial charge >= 0.3 is 0 Å². The van der Waals surface area contributed by atoms with Crippen LogP contribution in [0.3, 0.4) is 0 Å². The maximum Gasteiger partial charge on any atom is 0.248 e. The number of amides is 1. The zero-order valence-electron chi connectivity index (χ0n) is 14.9. The van der Waals surface area contributed by atoms with Crippen molar-refractivity contribution in [1.82, 2.24) is 9.46 Å². The predicted molar refractivity (Wildman–Crippen MR) is 94.9 cm³/mol. The number of benzene rings is 1. The van der Waals surface area contributed by atoms with Crippen LogP contribution < -0.4 is 5.32 Å². The minimum Gasteiger partial charge on any atom is -0.360 e. The molecule has 7 nitrogen and oxygen atoms in total. The van der Waals surface area contributed by atoms with Crippen LogP contribution in [0.2, 0.25) is 0 Å². The van der Waals surface area contributed by atoms with Crippen LogP contribution in [-0.2, 0) is 21.2 Å². The van der Waals surface area contributed by atoms with Gasteiger partial charge in [-0.3, -0.25) is 4.79 Å². The van der Waals surface area contributed by atoms with Gasteiger partial charge in [0.15, 0.2) is 5.76 Å². The molecule has 0 fully saturated rings. The molecule has 2 aromatic rings. The van der Waals surface area contributed by atoms with E-state index in [1.165, 1.54) is 19.5 Å². The van der Waals surface area contributed by atoms with Crippen molar-refractivity contribution < 1.29 is 17.7 Å². The Morgan fingerprint density at radius 3 is 2.40 bits per heavy atom. The van der Waals surface area contributed by atoms with Crippen LogP contribution in [0, 0.1) is 13.8 Å². The molecule has 1 aromatic carbocycles. The molecule has 0 atom stereocenters. The number of carbonyl (C=O) groups is 1. The quantitative estimate of drug-likeness (QED) is 0.814. The molecule has 0 aliphatic carbocycles. The fraction of sp³-hybridized carbons (Fsp3) is 0.412. The summed E-state index contributed by atoms with van der Waals surface area (Å²) in [4.78, 5) is 12.2. The number of anilines is 1. The average Bonchev–Trinajstić information content (AvgIpc) is 2.88. The molecule has 25 heavy (non-hydrogen) atoms. The molecule has 0 spiro atoms. The maximum atomic E-state index is 12.6. The van der Waals surface area contributed by atoms with E-state index in [0.717, 1.165) is 17.1 Å². The van der Waals surface area contributed by atoms with Crippen molar-refractivity contribution in [3.05, 3.63) is 41.3 Å². The molecule has 1 amide bonds. The SMILES string of the molecule is CCCc1ccc(NC(=O)CN(C)S(=O)(=O)c2c(C)noc2C)cc1. The highest BCUT2D eigenvalue weighted by Crippen LogP contribution is 2.22. The molecule has 1 aromatic heterocycles. The van der Waals surface area contributed by atoms with Gasteiger partial charge in [0, 0.05) is 12.7 Å². The first-order valence-electron chi connectivity index (χ1n) is 8.03. The third-order valence-corrected chi connectivity index (χ3v) is 5.83. The minimum absolute atomic E-state index is 0.00622. The molecular weight excluding hydrogens is 342 g/mol. The molecule has 1 N–H and O–H groups in total. The maximum absolute atomic E-state index is 12.6. The monoisotopic (exact) mass is 365 g/mol. The molecule has 8 heteroatoms. The fourth-order valence-corrected chi connectivity index (χ4v) is 3.94. The van der Waals surface area contributed by atoms with Gasteiger partial charge in [0.05, 0.1) is 6.54 Å². The van der Waals surface area contributed by atoms with Crippen LogP contribution in [0.4, 0.5) is 5.69 Å². The van der Waals surface area contributed by atoms with Gasteiger partial charge in [-0.25, -0.2) is 8.42 Å². The molecule has 0 aliphatic rings. The van der Waals surface area contributed by atoms with Crippen molar-refractivity contribution >= 4 is 21.6 Å². The zero-order valence-corrected chi connectivity index (χ0v) is 15.7. The van der Waals surface area contributed by atoms with Gasteiger partial charge in [-0.15, -0.1) is 0 Å². The third-order valence-electron chi connectivity index (χ3n) is 3.78. The summed E-state index contributed by atoms with van der Waals surface area (Å²) in [6.07, 6.45) is 2.03. The number of nitrogens with one attached hydrogen (secondary N) is 1. The van der Waals surface area contributed by atoms with E-state index >= 15 is 0 Å². The van der Waals surface area contributed by atoms with Crippen molar-refractivity contribution in [2.45, 2.75) is 38.5 Å². The summed E-state index contributed by atoms with van der Waals surface area (Å²) < 4.78 is 31.1. The summed E-state index contributed by atoms with van der Waals surface area (Å²) >= 11 is 0. The summed E-state index contributed by atoms with van der Waals surface area (Å²) in [5, 5.41) is 6.36. The van der Waals surface area contributed by atoms with E-state index < -0.39 is 15.9 Å². The lowest BCUT2D eigenvalue weighted by atomic mass is 10.1. The Hall–Kier alpha value is -2.19. The van der Waals surface area contributed by atoms with Crippen LogP contribution in [-0.4, -0.2) is 37.4 Å². The Kier molecular flexibility index (Phi) is 5.97. The van der Waals surface area contributed by atoms with Gasteiger partial charge in [0.2, 0.25) is 15.9 Å². The Morgan fingerprint density at radius 2 is 1.88 bits per heavy atom. The number of hydrogen-bond acceptors (Lipinski definition) is 5. The highest BCUT2D eigenvalue weighted by atomic mass is 32.2. The number of carbonyl (C=O) groups excluding carboxylic acids is 1. The van der Waals surface area contributed by atoms with E-state index in [2.05, 4.69) is 17.4 Å². The number of aromatic nitrogens is 1. The molecule has 0 radical (unpaired) electrons. The average molecular weight is 365 g/mol. The number of rotatable bonds is 7. The molecule has 136 valence electrons. The van der Waals surface area contributed by atoms with Crippen molar-refractivity contribution in [3.8, 4) is 0 Å². The van der Waals surface area contributed by atoms with E-state index in [0.29, 0.717) is 5.69 Å². The molecule has 0 saturated heterocycles. The van der Waals surface area contributed by atoms with Gasteiger partial charge in [-0.05, 0) is 38.0 Å². The lowest BCUT2D eigenvalue weighted by molar-refractivity contribution is -0.116. The van der Waals surface area contributed by atoms with E-state index in [9.17, 15) is 13.2 Å². The summed E-state index contributed by atoms with van der Waals surface area (Å²) in [7, 11) is -2.49. The molecule has 0 saturated carbocycles. The van der Waals surface area contributed by atoms with Gasteiger partial charge in [-0.2, -0.15) is 4.31 Å². The molecule has 1 heterocycles. The van der Waals surface area contributed by atoms with Crippen LogP contribution in [0.15, 0.2) is 33.7 Å². The van der Waals surface area contributed by atoms with Gasteiger partial charge in [0.1, 0.15) is 10.6 Å². The van der Waals surface area contributed by atoms with Gasteiger partial charge in [0.25, 0.3) is 0 Å². The van der Waals surface area contributed by atoms with Crippen molar-refractivity contribution in [1.29, 1.82) is 0 Å². The van der Waals surface area contributed by atoms with Crippen LogP contribution >= 0.6 is 0 Å². The normalized spacial score (nSPS) is 11.7. The highest BCUT2D eigenvalue weighted by Gasteiger charge is 2.29. The largest absolute Gasteiger partial charge is 0.360 e. The Bertz CT molecular complexity index is 822. The highest BCUT2D eigenvalue weighted by molar-refractivity contribution is 7.89. The molecular formula is C17H23N3O4S. The van der Waals surface area contributed by atoms with Crippen molar-refractivity contribution in [2.75, 3.05) is 18.9 Å². The second-order valence-electron chi connectivity index (χ2n) is 5.91. The molecule has 0 unspecified atom stereocenters. The van der Waals surface area contributed by atoms with Crippen LogP contribution in [0.5, 0.6) is 0 Å². The summed E-state index contributed by atoms with van der Waals surface area (Å²) in [6.45, 7) is 4.88. The van der Waals surface area contributed by atoms with E-state index in [4.69, 9.17) is 4.52 Å². The summed E-state index contributed by atoms with van der Waals surface area (Å²) in [5.41, 5.74) is 2.10. The Labute approximate surface area is 148 Å². The van der Waals surface area contributed by atoms with Crippen molar-refractivity contribution in [3.63, 3.8) is 0 Å². The van der Waals surface area contributed by atoms with Crippen LogP contribution in [0.1, 0.15) is 30.4 Å². The van der Waals surface area contributed by atoms with Gasteiger partial charge in [-0.1, -0.05) is 30.6 Å². The van der Waals surface area contributed by atoms with E-state index in [1.54, 1.807) is 6.92 Å². The number of likely N-dealkylation sites (N-methyl/N-ethyl adjacent to an activating group) is 1. The Balaban J connectivity index is 2.04. The number of sulfonamides is 1. The van der Waals surface area contributed by atoms with Crippen LogP contribution in [0.25, 0.3) is 0 Å². The lowest BCUT2D eigenvalue weighted by Crippen LogP contribution is -2.35. The summed E-state index contributed by atoms with van der Waals surface area (Å²) in [5.74, 6) is -0.211. The van der Waals surface area contributed by atoms with E-state index in [1.807, 2.05) is 24.3 Å². The molecule has 0 aliphatic heterocycles. The van der Waals surface area contributed by atoms with Gasteiger partial charge < -0.3 is 9.84 Å². The standard InChI is InChI=1S/C17H23N3O4S/c1-5-6-14-7-9-15(10-8-14)18-16(21)11-20(4)25(22,23)17-12(2)19-24-13(17)3/h7-10H,5-6,11H2,1-4H3,(H,18,21). The smallest absolute Gasteiger partial charge is 0.248 e. The number of nitrogens with zero attached hydrogens (tertiary/aromatic N) is 2. The third kappa shape index (κ3) is 4.46. The van der Waals surface area contributed by atoms with Crippen molar-refractivity contribution in [2.24, 2.45) is 0 Å². The second-order valence-corrected chi connectivity index (χ2v) is 7.89. The minimum atomic E-state index is -3.84. The van der Waals surface area contributed by atoms with E-state index in [-0.39, 0.29) is 22.9 Å². The molecule has 0 bridgehead atoms. The Morgan fingerprint density at radius 1 is 1.24 bits per heavy atom. The topological polar surface area (TPSA) is 92.5 Å². The predicted octanol–water partition coefficient (Wildman–Crippen LogP) is 2.50. The molecule has 2 rings (SSSR count). The second kappa shape index (κ2) is 7.79. The summed E-state index contributed by atoms with van der Waals surface area (Å²) in [6, 6.07) is 7.52. The first kappa shape index (κ1) is 19.1. The number of aryl methyl sites for hydroxylation is 3. The lowest BCUT2D eigenvalue weighted by Gasteiger charge is -2.16. The first-order chi connectivity index (χ1) is 11.8. The fourth-order valence-electron chi connectivity index (χ4n) is 2.53. The number of hydrogen-bond donors (Lipinski definition) is 1. The first-order valence-corrected chi connectivity index (χ1v) is 9.47.